The molecule has 15 heavy (non-hydrogen) atoms. The first-order valence-electron chi connectivity index (χ1n) is 4.36. The Kier molecular flexibility index (Phi) is 4.54. The largest absolute Gasteiger partial charge is 0.349 e. The second-order valence-electron chi connectivity index (χ2n) is 3.16. The Labute approximate surface area is 101 Å². The fourth-order valence-electron chi connectivity index (χ4n) is 0.983. The van der Waals surface area contributed by atoms with Crippen LogP contribution in [0.15, 0.2) is 18.2 Å². The SMILES string of the molecule is CC(CBr)NC(=O)c1ccc(Cl)c(F)c1. The summed E-state index contributed by atoms with van der Waals surface area (Å²) in [6.07, 6.45) is 0. The highest BCUT2D eigenvalue weighted by Gasteiger charge is 2.10. The zero-order valence-electron chi connectivity index (χ0n) is 8.06. The van der Waals surface area contributed by atoms with Crippen LogP contribution in [-0.2, 0) is 0 Å². The summed E-state index contributed by atoms with van der Waals surface area (Å²) in [4.78, 5) is 11.5. The number of carbonyl (C=O) groups excluding carboxylic acids is 1. The monoisotopic (exact) mass is 293 g/mol. The number of hydrogen-bond acceptors (Lipinski definition) is 1. The van der Waals surface area contributed by atoms with Gasteiger partial charge < -0.3 is 5.32 Å². The number of benzene rings is 1. The van der Waals surface area contributed by atoms with Crippen LogP contribution in [0.3, 0.4) is 0 Å². The van der Waals surface area contributed by atoms with Crippen molar-refractivity contribution in [3.63, 3.8) is 0 Å². The normalized spacial score (nSPS) is 12.3. The van der Waals surface area contributed by atoms with E-state index in [1.807, 2.05) is 6.92 Å². The molecule has 0 radical (unpaired) electrons. The summed E-state index contributed by atoms with van der Waals surface area (Å²) in [5.74, 6) is -0.895. The minimum absolute atomic E-state index is 0.00348. The molecular weight excluding hydrogens is 284 g/mol. The fraction of sp³-hybridized carbons (Fsp3) is 0.300. The summed E-state index contributed by atoms with van der Waals surface area (Å²) in [5.41, 5.74) is 0.268. The van der Waals surface area contributed by atoms with Crippen molar-refractivity contribution in [1.82, 2.24) is 5.32 Å². The molecule has 5 heteroatoms. The Balaban J connectivity index is 2.78. The van der Waals surface area contributed by atoms with E-state index in [9.17, 15) is 9.18 Å². The average Bonchev–Trinajstić information content (AvgIpc) is 2.21. The first kappa shape index (κ1) is 12.5. The predicted octanol–water partition coefficient (Wildman–Crippen LogP) is 2.99. The van der Waals surface area contributed by atoms with Crippen LogP contribution >= 0.6 is 27.5 Å². The first-order chi connectivity index (χ1) is 7.04. The third-order valence-electron chi connectivity index (χ3n) is 1.79. The van der Waals surface area contributed by atoms with Gasteiger partial charge in [-0.05, 0) is 25.1 Å². The van der Waals surface area contributed by atoms with Crippen LogP contribution in [0.1, 0.15) is 17.3 Å². The highest BCUT2D eigenvalue weighted by atomic mass is 79.9. The molecule has 0 aliphatic heterocycles. The van der Waals surface area contributed by atoms with Crippen molar-refractivity contribution < 1.29 is 9.18 Å². The van der Waals surface area contributed by atoms with Gasteiger partial charge in [-0.25, -0.2) is 4.39 Å². The van der Waals surface area contributed by atoms with E-state index in [0.29, 0.717) is 5.33 Å². The predicted molar refractivity (Wildman–Crippen MR) is 62.1 cm³/mol. The second kappa shape index (κ2) is 5.47. The van der Waals surface area contributed by atoms with E-state index in [4.69, 9.17) is 11.6 Å². The van der Waals surface area contributed by atoms with Crippen LogP contribution in [0.5, 0.6) is 0 Å². The van der Waals surface area contributed by atoms with Crippen molar-refractivity contribution in [3.05, 3.63) is 34.6 Å². The molecule has 0 aliphatic carbocycles. The maximum Gasteiger partial charge on any atom is 0.251 e. The third-order valence-corrected chi connectivity index (χ3v) is 3.07. The molecule has 0 heterocycles. The van der Waals surface area contributed by atoms with Crippen molar-refractivity contribution in [3.8, 4) is 0 Å². The van der Waals surface area contributed by atoms with E-state index >= 15 is 0 Å². The maximum atomic E-state index is 13.0. The lowest BCUT2D eigenvalue weighted by molar-refractivity contribution is 0.0943. The number of alkyl halides is 1. The lowest BCUT2D eigenvalue weighted by atomic mass is 10.2. The molecule has 1 aromatic carbocycles. The Morgan fingerprint density at radius 2 is 2.33 bits per heavy atom. The molecule has 0 saturated heterocycles. The molecule has 0 bridgehead atoms. The van der Waals surface area contributed by atoms with Gasteiger partial charge in [0, 0.05) is 16.9 Å². The zero-order chi connectivity index (χ0) is 11.4. The minimum atomic E-state index is -0.587. The van der Waals surface area contributed by atoms with Gasteiger partial charge in [0.25, 0.3) is 5.91 Å². The quantitative estimate of drug-likeness (QED) is 0.853. The van der Waals surface area contributed by atoms with E-state index in [-0.39, 0.29) is 22.5 Å². The van der Waals surface area contributed by atoms with Gasteiger partial charge in [0.1, 0.15) is 5.82 Å². The van der Waals surface area contributed by atoms with Crippen molar-refractivity contribution >= 4 is 33.4 Å². The molecule has 82 valence electrons. The summed E-state index contributed by atoms with van der Waals surface area (Å²) < 4.78 is 13.0. The number of hydrogen-bond donors (Lipinski definition) is 1. The van der Waals surface area contributed by atoms with Crippen LogP contribution in [0.2, 0.25) is 5.02 Å². The average molecular weight is 295 g/mol. The number of carbonyl (C=O) groups is 1. The molecule has 0 aliphatic rings. The van der Waals surface area contributed by atoms with Crippen LogP contribution in [-0.4, -0.2) is 17.3 Å². The van der Waals surface area contributed by atoms with Crippen LogP contribution < -0.4 is 5.32 Å². The van der Waals surface area contributed by atoms with Gasteiger partial charge in [-0.2, -0.15) is 0 Å². The summed E-state index contributed by atoms with van der Waals surface area (Å²) in [6.45, 7) is 1.85. The topological polar surface area (TPSA) is 29.1 Å². The molecule has 1 amide bonds. The number of nitrogens with one attached hydrogen (secondary N) is 1. The van der Waals surface area contributed by atoms with Crippen LogP contribution in [0.4, 0.5) is 4.39 Å². The second-order valence-corrected chi connectivity index (χ2v) is 4.21. The Morgan fingerprint density at radius 3 is 2.87 bits per heavy atom. The molecule has 0 aromatic heterocycles. The van der Waals surface area contributed by atoms with E-state index in [0.717, 1.165) is 6.07 Å². The highest BCUT2D eigenvalue weighted by Crippen LogP contribution is 2.15. The van der Waals surface area contributed by atoms with Gasteiger partial charge in [-0.15, -0.1) is 0 Å². The highest BCUT2D eigenvalue weighted by molar-refractivity contribution is 9.09. The van der Waals surface area contributed by atoms with Gasteiger partial charge in [-0.3, -0.25) is 4.79 Å². The Bertz CT molecular complexity index is 372. The maximum absolute atomic E-state index is 13.0. The van der Waals surface area contributed by atoms with Crippen molar-refractivity contribution in [2.24, 2.45) is 0 Å². The summed E-state index contributed by atoms with van der Waals surface area (Å²) in [6, 6.07) is 3.97. The van der Waals surface area contributed by atoms with E-state index in [1.165, 1.54) is 12.1 Å². The number of halogens is 3. The molecule has 1 aromatic rings. The lowest BCUT2D eigenvalue weighted by Gasteiger charge is -2.10. The molecule has 0 fully saturated rings. The minimum Gasteiger partial charge on any atom is -0.349 e. The summed E-state index contributed by atoms with van der Waals surface area (Å²) in [5, 5.41) is 3.36. The molecule has 0 spiro atoms. The third kappa shape index (κ3) is 3.47. The van der Waals surface area contributed by atoms with Crippen LogP contribution in [0.25, 0.3) is 0 Å². The standard InChI is InChI=1S/C10H10BrClFNO/c1-6(5-11)14-10(15)7-2-3-8(12)9(13)4-7/h2-4,6H,5H2,1H3,(H,14,15). The molecule has 0 saturated carbocycles. The van der Waals surface area contributed by atoms with Gasteiger partial charge in [0.2, 0.25) is 0 Å². The molecule has 1 N–H and O–H groups in total. The summed E-state index contributed by atoms with van der Waals surface area (Å²) in [7, 11) is 0. The molecule has 2 nitrogen and oxygen atoms in total. The molecular formula is C10H10BrClFNO. The number of amides is 1. The van der Waals surface area contributed by atoms with E-state index in [1.54, 1.807) is 0 Å². The van der Waals surface area contributed by atoms with E-state index in [2.05, 4.69) is 21.2 Å². The van der Waals surface area contributed by atoms with E-state index < -0.39 is 5.82 Å². The van der Waals surface area contributed by atoms with Gasteiger partial charge in [-0.1, -0.05) is 27.5 Å². The van der Waals surface area contributed by atoms with Crippen molar-refractivity contribution in [1.29, 1.82) is 0 Å². The Morgan fingerprint density at radius 1 is 1.67 bits per heavy atom. The van der Waals surface area contributed by atoms with Gasteiger partial charge in [0.15, 0.2) is 0 Å². The van der Waals surface area contributed by atoms with Gasteiger partial charge >= 0.3 is 0 Å². The van der Waals surface area contributed by atoms with Gasteiger partial charge in [0.05, 0.1) is 5.02 Å². The number of rotatable bonds is 3. The zero-order valence-corrected chi connectivity index (χ0v) is 10.4. The molecule has 1 atom stereocenters. The first-order valence-corrected chi connectivity index (χ1v) is 5.86. The Hall–Kier alpha value is -0.610. The van der Waals surface area contributed by atoms with Crippen molar-refractivity contribution in [2.75, 3.05) is 5.33 Å². The summed E-state index contributed by atoms with van der Waals surface area (Å²) >= 11 is 8.74. The van der Waals surface area contributed by atoms with Crippen molar-refractivity contribution in [2.45, 2.75) is 13.0 Å². The lowest BCUT2D eigenvalue weighted by Crippen LogP contribution is -2.33. The molecule has 1 unspecified atom stereocenters. The fourth-order valence-corrected chi connectivity index (χ4v) is 1.26. The smallest absolute Gasteiger partial charge is 0.251 e. The van der Waals surface area contributed by atoms with Crippen LogP contribution in [0, 0.1) is 5.82 Å². The molecule has 1 rings (SSSR count).